The van der Waals surface area contributed by atoms with Crippen molar-refractivity contribution in [3.8, 4) is 0 Å². The Morgan fingerprint density at radius 3 is 2.62 bits per heavy atom. The van der Waals surface area contributed by atoms with Gasteiger partial charge in [0.2, 0.25) is 0 Å². The summed E-state index contributed by atoms with van der Waals surface area (Å²) in [6, 6.07) is 6.82. The topological polar surface area (TPSA) is 81.3 Å². The van der Waals surface area contributed by atoms with E-state index in [1.807, 2.05) is 25.3 Å². The van der Waals surface area contributed by atoms with Crippen molar-refractivity contribution in [3.05, 3.63) is 68.3 Å². The molecule has 0 spiro atoms. The number of amides is 1. The molecule has 7 nitrogen and oxygen atoms in total. The molecule has 1 saturated heterocycles. The Morgan fingerprint density at radius 1 is 1.22 bits per heavy atom. The molecule has 0 bridgehead atoms. The molecule has 1 amide bonds. The Kier molecular flexibility index (Phi) is 6.43. The van der Waals surface area contributed by atoms with Gasteiger partial charge in [-0.1, -0.05) is 18.5 Å². The van der Waals surface area contributed by atoms with Gasteiger partial charge in [-0.25, -0.2) is 4.39 Å². The summed E-state index contributed by atoms with van der Waals surface area (Å²) < 4.78 is 14.5. The molecule has 2 N–H and O–H groups in total. The first-order valence-corrected chi connectivity index (χ1v) is 11.0. The summed E-state index contributed by atoms with van der Waals surface area (Å²) in [5.41, 5.74) is 3.74. The Labute approximate surface area is 190 Å². The highest BCUT2D eigenvalue weighted by molar-refractivity contribution is 6.34. The number of rotatable bonds is 5. The van der Waals surface area contributed by atoms with E-state index in [2.05, 4.69) is 25.1 Å². The summed E-state index contributed by atoms with van der Waals surface area (Å²) in [7, 11) is 1.44. The summed E-state index contributed by atoms with van der Waals surface area (Å²) >= 11 is 6.17. The first kappa shape index (κ1) is 22.2. The third kappa shape index (κ3) is 4.47. The predicted octanol–water partition coefficient (Wildman–Crippen LogP) is 2.96. The number of benzene rings is 1. The van der Waals surface area contributed by atoms with Crippen LogP contribution in [-0.4, -0.2) is 54.0 Å². The fourth-order valence-electron chi connectivity index (χ4n) is 4.02. The number of fused-ring (bicyclic) bond motifs is 1. The van der Waals surface area contributed by atoms with Crippen molar-refractivity contribution >= 4 is 34.2 Å². The molecule has 32 heavy (non-hydrogen) atoms. The van der Waals surface area contributed by atoms with Gasteiger partial charge in [0.25, 0.3) is 11.5 Å². The second-order valence-electron chi connectivity index (χ2n) is 7.88. The number of H-pyrrole nitrogens is 1. The molecule has 2 aromatic heterocycles. The molecule has 1 aliphatic rings. The number of nitrogens with zero attached hydrogens (tertiary/aromatic N) is 3. The first-order valence-electron chi connectivity index (χ1n) is 10.6. The maximum Gasteiger partial charge on any atom is 0.255 e. The number of hydrogen-bond donors (Lipinski definition) is 2. The van der Waals surface area contributed by atoms with Crippen molar-refractivity contribution in [2.75, 3.05) is 38.1 Å². The highest BCUT2D eigenvalue weighted by Crippen LogP contribution is 2.28. The molecule has 168 valence electrons. The monoisotopic (exact) mass is 457 g/mol. The molecule has 1 fully saturated rings. The second kappa shape index (κ2) is 9.26. The number of hydrogen-bond acceptors (Lipinski definition) is 5. The van der Waals surface area contributed by atoms with Crippen molar-refractivity contribution in [2.24, 2.45) is 0 Å². The molecule has 0 radical (unpaired) electrons. The number of carbonyl (C=O) groups is 1. The second-order valence-corrected chi connectivity index (χ2v) is 8.29. The van der Waals surface area contributed by atoms with Crippen LogP contribution in [0.5, 0.6) is 0 Å². The largest absolute Gasteiger partial charge is 0.369 e. The van der Waals surface area contributed by atoms with E-state index in [0.717, 1.165) is 35.2 Å². The zero-order chi connectivity index (χ0) is 22.8. The van der Waals surface area contributed by atoms with Crippen LogP contribution in [0, 0.1) is 5.82 Å². The standard InChI is InChI=1S/C23H25ClFN5O2/c1-3-15-9-19-20(28-22(15)31)8-14(12-27-19)13-29-4-6-30(7-5-29)16-10-17(24)21(18(25)11-16)23(32)26-2/h8-12H,3-7,13H2,1-2H3,(H,26,32)(H,28,31). The molecule has 0 saturated carbocycles. The number of pyridine rings is 2. The Bertz CT molecular complexity index is 1200. The van der Waals surface area contributed by atoms with Gasteiger partial charge in [-0.15, -0.1) is 0 Å². The van der Waals surface area contributed by atoms with Crippen LogP contribution in [-0.2, 0) is 13.0 Å². The van der Waals surface area contributed by atoms with E-state index in [0.29, 0.717) is 31.7 Å². The van der Waals surface area contributed by atoms with Crippen LogP contribution >= 0.6 is 11.6 Å². The highest BCUT2D eigenvalue weighted by Gasteiger charge is 2.22. The van der Waals surface area contributed by atoms with E-state index in [1.165, 1.54) is 13.1 Å². The van der Waals surface area contributed by atoms with Gasteiger partial charge in [0.15, 0.2) is 0 Å². The summed E-state index contributed by atoms with van der Waals surface area (Å²) in [5.74, 6) is -1.17. The quantitative estimate of drug-likeness (QED) is 0.615. The minimum absolute atomic E-state index is 0.0686. The van der Waals surface area contributed by atoms with Gasteiger partial charge < -0.3 is 15.2 Å². The molecular weight excluding hydrogens is 433 g/mol. The van der Waals surface area contributed by atoms with E-state index >= 15 is 0 Å². The highest BCUT2D eigenvalue weighted by atomic mass is 35.5. The fraction of sp³-hybridized carbons (Fsp3) is 0.348. The van der Waals surface area contributed by atoms with E-state index in [4.69, 9.17) is 11.6 Å². The van der Waals surface area contributed by atoms with Crippen LogP contribution in [0.15, 0.2) is 35.3 Å². The Balaban J connectivity index is 1.43. The van der Waals surface area contributed by atoms with Gasteiger partial charge in [-0.05, 0) is 36.2 Å². The predicted molar refractivity (Wildman–Crippen MR) is 124 cm³/mol. The lowest BCUT2D eigenvalue weighted by Gasteiger charge is -2.36. The molecule has 0 unspecified atom stereocenters. The smallest absolute Gasteiger partial charge is 0.255 e. The Morgan fingerprint density at radius 2 is 1.97 bits per heavy atom. The molecule has 4 rings (SSSR count). The van der Waals surface area contributed by atoms with Crippen molar-refractivity contribution in [1.82, 2.24) is 20.2 Å². The maximum absolute atomic E-state index is 14.5. The number of aromatic amines is 1. The van der Waals surface area contributed by atoms with Gasteiger partial charge in [-0.2, -0.15) is 0 Å². The first-order chi connectivity index (χ1) is 15.4. The van der Waals surface area contributed by atoms with E-state index in [-0.39, 0.29) is 16.1 Å². The van der Waals surface area contributed by atoms with Crippen LogP contribution in [0.25, 0.3) is 11.0 Å². The van der Waals surface area contributed by atoms with Gasteiger partial charge in [0.05, 0.1) is 21.6 Å². The zero-order valence-electron chi connectivity index (χ0n) is 18.0. The van der Waals surface area contributed by atoms with Crippen molar-refractivity contribution < 1.29 is 9.18 Å². The SMILES string of the molecule is CCc1cc2ncc(CN3CCN(c4cc(F)c(C(=O)NC)c(Cl)c4)CC3)cc2[nH]c1=O. The average molecular weight is 458 g/mol. The fourth-order valence-corrected chi connectivity index (χ4v) is 4.31. The average Bonchev–Trinajstić information content (AvgIpc) is 2.78. The summed E-state index contributed by atoms with van der Waals surface area (Å²) in [6.07, 6.45) is 2.52. The molecule has 0 atom stereocenters. The van der Waals surface area contributed by atoms with Gasteiger partial charge in [0, 0.05) is 57.2 Å². The number of aromatic nitrogens is 2. The van der Waals surface area contributed by atoms with Crippen molar-refractivity contribution in [3.63, 3.8) is 0 Å². The Hall–Kier alpha value is -2.97. The van der Waals surface area contributed by atoms with Crippen LogP contribution in [0.4, 0.5) is 10.1 Å². The van der Waals surface area contributed by atoms with Gasteiger partial charge in [-0.3, -0.25) is 19.5 Å². The molecule has 9 heteroatoms. The molecule has 3 heterocycles. The van der Waals surface area contributed by atoms with Crippen LogP contribution < -0.4 is 15.8 Å². The molecule has 1 aliphatic heterocycles. The minimum atomic E-state index is -0.628. The normalized spacial score (nSPS) is 14.7. The lowest BCUT2D eigenvalue weighted by Crippen LogP contribution is -2.46. The zero-order valence-corrected chi connectivity index (χ0v) is 18.8. The van der Waals surface area contributed by atoms with Crippen LogP contribution in [0.2, 0.25) is 5.02 Å². The van der Waals surface area contributed by atoms with Crippen molar-refractivity contribution in [1.29, 1.82) is 0 Å². The summed E-state index contributed by atoms with van der Waals surface area (Å²) in [4.78, 5) is 35.7. The lowest BCUT2D eigenvalue weighted by molar-refractivity contribution is 0.0959. The number of halogens is 2. The number of aryl methyl sites for hydroxylation is 1. The van der Waals surface area contributed by atoms with Crippen molar-refractivity contribution in [2.45, 2.75) is 19.9 Å². The van der Waals surface area contributed by atoms with Crippen LogP contribution in [0.3, 0.4) is 0 Å². The van der Waals surface area contributed by atoms with Crippen LogP contribution in [0.1, 0.15) is 28.4 Å². The number of anilines is 1. The maximum atomic E-state index is 14.5. The number of carbonyl (C=O) groups excluding carboxylic acids is 1. The third-order valence-electron chi connectivity index (χ3n) is 5.83. The van der Waals surface area contributed by atoms with E-state index in [9.17, 15) is 14.0 Å². The number of piperazine rings is 1. The van der Waals surface area contributed by atoms with E-state index < -0.39 is 11.7 Å². The molecule has 0 aliphatic carbocycles. The van der Waals surface area contributed by atoms with E-state index in [1.54, 1.807) is 6.07 Å². The van der Waals surface area contributed by atoms with Gasteiger partial charge >= 0.3 is 0 Å². The third-order valence-corrected chi connectivity index (χ3v) is 6.13. The minimum Gasteiger partial charge on any atom is -0.369 e. The lowest BCUT2D eigenvalue weighted by atomic mass is 10.1. The molecule has 3 aromatic rings. The summed E-state index contributed by atoms with van der Waals surface area (Å²) in [5, 5.41) is 2.50. The molecular formula is C23H25ClFN5O2. The molecule has 1 aromatic carbocycles. The summed E-state index contributed by atoms with van der Waals surface area (Å²) in [6.45, 7) is 5.61. The van der Waals surface area contributed by atoms with Gasteiger partial charge in [0.1, 0.15) is 5.82 Å². The number of nitrogens with one attached hydrogen (secondary N) is 2.